The summed E-state index contributed by atoms with van der Waals surface area (Å²) in [5.74, 6) is -0.0714. The minimum atomic E-state index is -0.360. The van der Waals surface area contributed by atoms with Crippen LogP contribution in [0.15, 0.2) is 0 Å². The van der Waals surface area contributed by atoms with Crippen LogP contribution in [0, 0.1) is 5.41 Å². The van der Waals surface area contributed by atoms with Crippen LogP contribution in [0.4, 0.5) is 10.8 Å². The van der Waals surface area contributed by atoms with Crippen LogP contribution in [-0.2, 0) is 4.74 Å². The molecule has 0 spiro atoms. The van der Waals surface area contributed by atoms with Gasteiger partial charge in [0.2, 0.25) is 0 Å². The molecule has 0 radical (unpaired) electrons. The summed E-state index contributed by atoms with van der Waals surface area (Å²) in [5.41, 5.74) is 6.76. The highest BCUT2D eigenvalue weighted by molar-refractivity contribution is 7.11. The molecule has 5 nitrogen and oxygen atoms in total. The van der Waals surface area contributed by atoms with E-state index in [0.29, 0.717) is 17.6 Å². The third-order valence-corrected chi connectivity index (χ3v) is 5.71. The molecule has 1 aromatic heterocycles. The van der Waals surface area contributed by atoms with E-state index in [9.17, 15) is 4.79 Å². The maximum absolute atomic E-state index is 12.1. The molecule has 0 saturated carbocycles. The molecule has 21 heavy (non-hydrogen) atoms. The molecule has 1 aliphatic heterocycles. The summed E-state index contributed by atoms with van der Waals surface area (Å²) in [5, 5.41) is 0.867. The highest BCUT2D eigenvalue weighted by atomic mass is 32.1. The van der Waals surface area contributed by atoms with E-state index in [4.69, 9.17) is 10.5 Å². The third kappa shape index (κ3) is 3.15. The number of nitrogens with zero attached hydrogens (tertiary/aromatic N) is 2. The fourth-order valence-corrected chi connectivity index (χ4v) is 3.90. The molecule has 0 amide bonds. The van der Waals surface area contributed by atoms with E-state index < -0.39 is 0 Å². The second-order valence-electron chi connectivity index (χ2n) is 5.66. The van der Waals surface area contributed by atoms with E-state index in [2.05, 4.69) is 23.1 Å². The van der Waals surface area contributed by atoms with Crippen molar-refractivity contribution in [2.24, 2.45) is 5.41 Å². The van der Waals surface area contributed by atoms with Gasteiger partial charge in [0.25, 0.3) is 0 Å². The van der Waals surface area contributed by atoms with Gasteiger partial charge in [-0.15, -0.1) is 0 Å². The second-order valence-corrected chi connectivity index (χ2v) is 6.41. The lowest BCUT2D eigenvalue weighted by Gasteiger charge is -2.41. The van der Waals surface area contributed by atoms with E-state index in [0.717, 1.165) is 30.9 Å². The normalized spacial score (nSPS) is 17.8. The Morgan fingerprint density at radius 2 is 1.95 bits per heavy atom. The van der Waals surface area contributed by atoms with Crippen molar-refractivity contribution in [3.05, 3.63) is 5.56 Å². The van der Waals surface area contributed by atoms with Crippen LogP contribution in [0.2, 0.25) is 0 Å². The number of ether oxygens (including phenoxy) is 1. The van der Waals surface area contributed by atoms with Crippen LogP contribution in [0.5, 0.6) is 0 Å². The Balaban J connectivity index is 2.16. The standard InChI is InChI=1S/C15H25N3O2S/c1-4-15(5-2)7-9-18(10-8-15)13-11(12(16)17-21-13)14(19)20-6-3/h4-10H2,1-3H3,(H2,16,17). The summed E-state index contributed by atoms with van der Waals surface area (Å²) in [6.45, 7) is 8.60. The number of hydrogen-bond donors (Lipinski definition) is 1. The molecule has 0 aliphatic carbocycles. The van der Waals surface area contributed by atoms with Crippen molar-refractivity contribution >= 4 is 28.3 Å². The lowest BCUT2D eigenvalue weighted by molar-refractivity contribution is 0.0528. The van der Waals surface area contributed by atoms with Gasteiger partial charge >= 0.3 is 5.97 Å². The van der Waals surface area contributed by atoms with Gasteiger partial charge < -0.3 is 15.4 Å². The molecule has 0 unspecified atom stereocenters. The van der Waals surface area contributed by atoms with Gasteiger partial charge in [0.05, 0.1) is 6.61 Å². The average Bonchev–Trinajstić information content (AvgIpc) is 2.89. The summed E-state index contributed by atoms with van der Waals surface area (Å²) < 4.78 is 9.25. The zero-order valence-electron chi connectivity index (χ0n) is 13.1. The lowest BCUT2D eigenvalue weighted by Crippen LogP contribution is -2.39. The van der Waals surface area contributed by atoms with Crippen LogP contribution in [-0.4, -0.2) is 30.0 Å². The van der Waals surface area contributed by atoms with Gasteiger partial charge in [-0.05, 0) is 36.7 Å². The fourth-order valence-electron chi connectivity index (χ4n) is 3.05. The van der Waals surface area contributed by atoms with E-state index in [-0.39, 0.29) is 11.8 Å². The number of hydrogen-bond acceptors (Lipinski definition) is 6. The van der Waals surface area contributed by atoms with Crippen molar-refractivity contribution in [1.82, 2.24) is 4.37 Å². The van der Waals surface area contributed by atoms with Gasteiger partial charge in [0, 0.05) is 13.1 Å². The van der Waals surface area contributed by atoms with Crippen molar-refractivity contribution in [1.29, 1.82) is 0 Å². The van der Waals surface area contributed by atoms with Crippen LogP contribution in [0.1, 0.15) is 56.8 Å². The van der Waals surface area contributed by atoms with Crippen molar-refractivity contribution in [2.75, 3.05) is 30.3 Å². The van der Waals surface area contributed by atoms with E-state index in [1.54, 1.807) is 6.92 Å². The molecular weight excluding hydrogens is 286 g/mol. The molecular formula is C15H25N3O2S. The number of nitrogen functional groups attached to an aromatic ring is 1. The zero-order valence-corrected chi connectivity index (χ0v) is 14.0. The van der Waals surface area contributed by atoms with Crippen molar-refractivity contribution in [3.8, 4) is 0 Å². The van der Waals surface area contributed by atoms with Crippen molar-refractivity contribution in [3.63, 3.8) is 0 Å². The second kappa shape index (κ2) is 6.64. The van der Waals surface area contributed by atoms with Crippen molar-refractivity contribution < 1.29 is 9.53 Å². The molecule has 6 heteroatoms. The molecule has 2 heterocycles. The number of rotatable bonds is 5. The van der Waals surface area contributed by atoms with Gasteiger partial charge in [-0.3, -0.25) is 0 Å². The first-order valence-corrected chi connectivity index (χ1v) is 8.51. The van der Waals surface area contributed by atoms with Crippen molar-refractivity contribution in [2.45, 2.75) is 46.5 Å². The van der Waals surface area contributed by atoms with Gasteiger partial charge in [-0.25, -0.2) is 4.79 Å². The summed E-state index contributed by atoms with van der Waals surface area (Å²) in [6, 6.07) is 0. The van der Waals surface area contributed by atoms with E-state index >= 15 is 0 Å². The fraction of sp³-hybridized carbons (Fsp3) is 0.733. The number of carbonyl (C=O) groups is 1. The Labute approximate surface area is 130 Å². The summed E-state index contributed by atoms with van der Waals surface area (Å²) in [4.78, 5) is 14.3. The van der Waals surface area contributed by atoms with Crippen LogP contribution >= 0.6 is 11.5 Å². The molecule has 0 aromatic carbocycles. The molecule has 1 aliphatic rings. The van der Waals surface area contributed by atoms with Gasteiger partial charge in [-0.2, -0.15) is 4.37 Å². The molecule has 2 N–H and O–H groups in total. The number of nitrogens with two attached hydrogens (primary N) is 1. The van der Waals surface area contributed by atoms with Gasteiger partial charge in [-0.1, -0.05) is 26.7 Å². The highest BCUT2D eigenvalue weighted by Crippen LogP contribution is 2.41. The number of esters is 1. The Morgan fingerprint density at radius 3 is 2.48 bits per heavy atom. The third-order valence-electron chi connectivity index (χ3n) is 4.79. The molecule has 1 saturated heterocycles. The first-order chi connectivity index (χ1) is 10.1. The van der Waals surface area contributed by atoms with Crippen LogP contribution in [0.3, 0.4) is 0 Å². The Kier molecular flexibility index (Phi) is 5.08. The minimum Gasteiger partial charge on any atom is -0.462 e. The zero-order chi connectivity index (χ0) is 15.5. The van der Waals surface area contributed by atoms with Crippen LogP contribution < -0.4 is 10.6 Å². The van der Waals surface area contributed by atoms with Gasteiger partial charge in [0.1, 0.15) is 10.6 Å². The SMILES string of the molecule is CCOC(=O)c1c(N)nsc1N1CCC(CC)(CC)CC1. The predicted octanol–water partition coefficient (Wildman–Crippen LogP) is 3.31. The molecule has 1 aromatic rings. The Bertz CT molecular complexity index is 487. The van der Waals surface area contributed by atoms with Crippen LogP contribution in [0.25, 0.3) is 0 Å². The molecule has 2 rings (SSSR count). The number of aromatic nitrogens is 1. The maximum Gasteiger partial charge on any atom is 0.345 e. The average molecular weight is 311 g/mol. The van der Waals surface area contributed by atoms with E-state index in [1.807, 2.05) is 0 Å². The number of piperidine rings is 1. The lowest BCUT2D eigenvalue weighted by atomic mass is 9.74. The van der Waals surface area contributed by atoms with E-state index in [1.165, 1.54) is 24.4 Å². The number of carbonyl (C=O) groups excluding carboxylic acids is 1. The first kappa shape index (κ1) is 16.1. The molecule has 118 valence electrons. The summed E-state index contributed by atoms with van der Waals surface area (Å²) in [7, 11) is 0. The summed E-state index contributed by atoms with van der Waals surface area (Å²) >= 11 is 1.30. The quantitative estimate of drug-likeness (QED) is 0.845. The Morgan fingerprint density at radius 1 is 1.33 bits per heavy atom. The smallest absolute Gasteiger partial charge is 0.345 e. The largest absolute Gasteiger partial charge is 0.462 e. The monoisotopic (exact) mass is 311 g/mol. The topological polar surface area (TPSA) is 68.5 Å². The molecule has 1 fully saturated rings. The maximum atomic E-state index is 12.1. The Hall–Kier alpha value is -1.30. The predicted molar refractivity (Wildman–Crippen MR) is 86.9 cm³/mol. The number of anilines is 2. The molecule has 0 atom stereocenters. The highest BCUT2D eigenvalue weighted by Gasteiger charge is 2.34. The molecule has 0 bridgehead atoms. The minimum absolute atomic E-state index is 0.288. The summed E-state index contributed by atoms with van der Waals surface area (Å²) in [6.07, 6.45) is 4.74. The van der Waals surface area contributed by atoms with Gasteiger partial charge in [0.15, 0.2) is 5.82 Å². The first-order valence-electron chi connectivity index (χ1n) is 7.74.